The fourth-order valence-electron chi connectivity index (χ4n) is 1.20. The Morgan fingerprint density at radius 1 is 1.64 bits per heavy atom. The molecule has 1 atom stereocenters. The lowest BCUT2D eigenvalue weighted by Crippen LogP contribution is -2.02. The first-order chi connectivity index (χ1) is 6.50. The molecule has 0 aliphatic heterocycles. The largest absolute Gasteiger partial charge is 0.290 e. The van der Waals surface area contributed by atoms with Crippen molar-refractivity contribution in [2.75, 3.05) is 0 Å². The van der Waals surface area contributed by atoms with Crippen LogP contribution in [0.5, 0.6) is 0 Å². The summed E-state index contributed by atoms with van der Waals surface area (Å²) in [7, 11) is 0. The van der Waals surface area contributed by atoms with E-state index in [2.05, 4.69) is 4.98 Å². The molecular formula is C9H11ClN2O2. The molecule has 5 heteroatoms. The fraction of sp³-hybridized carbons (Fsp3) is 0.444. The number of aromatic nitrogens is 1. The van der Waals surface area contributed by atoms with E-state index < -0.39 is 4.92 Å². The highest BCUT2D eigenvalue weighted by Gasteiger charge is 2.12. The van der Waals surface area contributed by atoms with Gasteiger partial charge in [-0.3, -0.25) is 15.1 Å². The molecule has 14 heavy (non-hydrogen) atoms. The Bertz CT molecular complexity index is 353. The maximum absolute atomic E-state index is 10.5. The lowest BCUT2D eigenvalue weighted by Gasteiger charge is -2.03. The minimum absolute atomic E-state index is 0.0108. The molecule has 0 saturated heterocycles. The number of aryl methyl sites for hydroxylation is 1. The van der Waals surface area contributed by atoms with Gasteiger partial charge in [-0.25, -0.2) is 0 Å². The number of alkyl halides is 1. The second-order valence-corrected chi connectivity index (χ2v) is 3.89. The highest BCUT2D eigenvalue weighted by molar-refractivity contribution is 6.20. The van der Waals surface area contributed by atoms with Crippen molar-refractivity contribution in [1.29, 1.82) is 0 Å². The van der Waals surface area contributed by atoms with Gasteiger partial charge in [0.15, 0.2) is 0 Å². The summed E-state index contributed by atoms with van der Waals surface area (Å²) in [6.45, 7) is 3.49. The van der Waals surface area contributed by atoms with E-state index in [1.165, 1.54) is 6.07 Å². The van der Waals surface area contributed by atoms with Crippen LogP contribution in [0, 0.1) is 17.0 Å². The molecule has 0 saturated carbocycles. The van der Waals surface area contributed by atoms with Crippen LogP contribution in [0.3, 0.4) is 0 Å². The zero-order chi connectivity index (χ0) is 10.7. The summed E-state index contributed by atoms with van der Waals surface area (Å²) in [5.74, 6) is 0. The summed E-state index contributed by atoms with van der Waals surface area (Å²) >= 11 is 5.79. The molecule has 0 radical (unpaired) electrons. The maximum atomic E-state index is 10.5. The lowest BCUT2D eigenvalue weighted by atomic mass is 10.2. The van der Waals surface area contributed by atoms with Crippen molar-refractivity contribution in [3.63, 3.8) is 0 Å². The molecule has 1 heterocycles. The molecule has 0 aromatic carbocycles. The third-order valence-corrected chi connectivity index (χ3v) is 1.96. The average molecular weight is 215 g/mol. The number of pyridine rings is 1. The molecule has 4 nitrogen and oxygen atoms in total. The third-order valence-electron chi connectivity index (χ3n) is 1.80. The van der Waals surface area contributed by atoms with Gasteiger partial charge in [-0.2, -0.15) is 0 Å². The van der Waals surface area contributed by atoms with Crippen LogP contribution in [-0.4, -0.2) is 15.3 Å². The summed E-state index contributed by atoms with van der Waals surface area (Å²) in [5.41, 5.74) is 1.27. The van der Waals surface area contributed by atoms with Gasteiger partial charge in [0.05, 0.1) is 4.92 Å². The lowest BCUT2D eigenvalue weighted by molar-refractivity contribution is -0.385. The van der Waals surface area contributed by atoms with Crippen molar-refractivity contribution in [2.24, 2.45) is 0 Å². The van der Waals surface area contributed by atoms with Gasteiger partial charge in [-0.15, -0.1) is 11.6 Å². The van der Waals surface area contributed by atoms with Crippen molar-refractivity contribution in [3.8, 4) is 0 Å². The van der Waals surface area contributed by atoms with Crippen molar-refractivity contribution < 1.29 is 4.92 Å². The average Bonchev–Trinajstić information content (AvgIpc) is 2.01. The standard InChI is InChI=1S/C9H11ClN2O2/c1-6(10)5-8-3-4-9(12(13)14)7(2)11-8/h3-4,6H,5H2,1-2H3. The van der Waals surface area contributed by atoms with E-state index >= 15 is 0 Å². The predicted molar refractivity (Wildman–Crippen MR) is 54.6 cm³/mol. The Kier molecular flexibility index (Phi) is 3.41. The van der Waals surface area contributed by atoms with Crippen molar-refractivity contribution in [3.05, 3.63) is 33.6 Å². The minimum atomic E-state index is -0.434. The van der Waals surface area contributed by atoms with Gasteiger partial charge in [0.2, 0.25) is 0 Å². The normalized spacial score (nSPS) is 12.5. The fourth-order valence-corrected chi connectivity index (χ4v) is 1.36. The van der Waals surface area contributed by atoms with E-state index in [4.69, 9.17) is 11.6 Å². The summed E-state index contributed by atoms with van der Waals surface area (Å²) in [6.07, 6.45) is 0.625. The molecule has 1 rings (SSSR count). The zero-order valence-electron chi connectivity index (χ0n) is 8.03. The number of nitro groups is 1. The molecule has 76 valence electrons. The topological polar surface area (TPSA) is 56.0 Å². The van der Waals surface area contributed by atoms with Crippen LogP contribution >= 0.6 is 11.6 Å². The van der Waals surface area contributed by atoms with Crippen LogP contribution < -0.4 is 0 Å². The Balaban J connectivity index is 2.94. The first-order valence-corrected chi connectivity index (χ1v) is 4.69. The van der Waals surface area contributed by atoms with Crippen molar-refractivity contribution in [2.45, 2.75) is 25.6 Å². The second kappa shape index (κ2) is 4.37. The van der Waals surface area contributed by atoms with E-state index in [9.17, 15) is 10.1 Å². The first kappa shape index (κ1) is 10.9. The van der Waals surface area contributed by atoms with E-state index in [0.717, 1.165) is 5.69 Å². The van der Waals surface area contributed by atoms with Gasteiger partial charge in [0.1, 0.15) is 5.69 Å². The number of hydrogen-bond acceptors (Lipinski definition) is 3. The SMILES string of the molecule is Cc1nc(CC(C)Cl)ccc1[N+](=O)[O-]. The van der Waals surface area contributed by atoms with E-state index in [-0.39, 0.29) is 11.1 Å². The zero-order valence-corrected chi connectivity index (χ0v) is 8.78. The second-order valence-electron chi connectivity index (χ2n) is 3.15. The highest BCUT2D eigenvalue weighted by atomic mass is 35.5. The van der Waals surface area contributed by atoms with E-state index in [1.807, 2.05) is 6.92 Å². The summed E-state index contributed by atoms with van der Waals surface area (Å²) < 4.78 is 0. The maximum Gasteiger partial charge on any atom is 0.290 e. The number of hydrogen-bond donors (Lipinski definition) is 0. The molecule has 0 bridgehead atoms. The molecule has 1 unspecified atom stereocenters. The van der Waals surface area contributed by atoms with Gasteiger partial charge < -0.3 is 0 Å². The van der Waals surface area contributed by atoms with E-state index in [1.54, 1.807) is 13.0 Å². The van der Waals surface area contributed by atoms with Crippen LogP contribution in [0.4, 0.5) is 5.69 Å². The smallest absolute Gasteiger partial charge is 0.258 e. The third kappa shape index (κ3) is 2.67. The quantitative estimate of drug-likeness (QED) is 0.441. The summed E-state index contributed by atoms with van der Waals surface area (Å²) in [5, 5.41) is 10.5. The number of halogens is 1. The van der Waals surface area contributed by atoms with E-state index in [0.29, 0.717) is 12.1 Å². The van der Waals surface area contributed by atoms with Crippen molar-refractivity contribution >= 4 is 17.3 Å². The molecule has 0 aliphatic rings. The molecule has 1 aromatic heterocycles. The summed E-state index contributed by atoms with van der Waals surface area (Å²) in [4.78, 5) is 14.2. The van der Waals surface area contributed by atoms with Crippen molar-refractivity contribution in [1.82, 2.24) is 4.98 Å². The minimum Gasteiger partial charge on any atom is -0.258 e. The van der Waals surface area contributed by atoms with Crippen LogP contribution in [0.1, 0.15) is 18.3 Å². The Morgan fingerprint density at radius 2 is 2.29 bits per heavy atom. The van der Waals surface area contributed by atoms with Crippen LogP contribution in [0.25, 0.3) is 0 Å². The monoisotopic (exact) mass is 214 g/mol. The predicted octanol–water partition coefficient (Wildman–Crippen LogP) is 2.47. The molecule has 0 N–H and O–H groups in total. The molecule has 0 fully saturated rings. The Hall–Kier alpha value is -1.16. The first-order valence-electron chi connectivity index (χ1n) is 4.25. The Labute approximate surface area is 87.1 Å². The number of nitrogens with zero attached hydrogens (tertiary/aromatic N) is 2. The van der Waals surface area contributed by atoms with Crippen LogP contribution in [-0.2, 0) is 6.42 Å². The molecule has 0 aliphatic carbocycles. The molecule has 1 aromatic rings. The molecule has 0 spiro atoms. The van der Waals surface area contributed by atoms with Gasteiger partial charge in [0.25, 0.3) is 5.69 Å². The highest BCUT2D eigenvalue weighted by Crippen LogP contribution is 2.16. The van der Waals surface area contributed by atoms with Crippen LogP contribution in [0.2, 0.25) is 0 Å². The molecular weight excluding hydrogens is 204 g/mol. The number of rotatable bonds is 3. The Morgan fingerprint density at radius 3 is 2.71 bits per heavy atom. The summed E-state index contributed by atoms with van der Waals surface area (Å²) in [6, 6.07) is 3.11. The van der Waals surface area contributed by atoms with Gasteiger partial charge in [-0.1, -0.05) is 0 Å². The van der Waals surface area contributed by atoms with Gasteiger partial charge >= 0.3 is 0 Å². The molecule has 0 amide bonds. The van der Waals surface area contributed by atoms with Crippen LogP contribution in [0.15, 0.2) is 12.1 Å². The van der Waals surface area contributed by atoms with Gasteiger partial charge in [-0.05, 0) is 19.9 Å². The van der Waals surface area contributed by atoms with Gasteiger partial charge in [0, 0.05) is 23.6 Å².